The van der Waals surface area contributed by atoms with Crippen molar-refractivity contribution in [1.82, 2.24) is 29.9 Å². The monoisotopic (exact) mass is 495 g/mol. The first-order valence-corrected chi connectivity index (χ1v) is 12.9. The zero-order chi connectivity index (χ0) is 25.5. The molecule has 0 bridgehead atoms. The number of hydrogen-bond donors (Lipinski definition) is 2. The van der Waals surface area contributed by atoms with Gasteiger partial charge in [0.1, 0.15) is 32.1 Å². The largest absolute Gasteiger partial charge is 0.391 e. The second kappa shape index (κ2) is 9.44. The van der Waals surface area contributed by atoms with Gasteiger partial charge >= 0.3 is 0 Å². The molecule has 1 saturated carbocycles. The lowest BCUT2D eigenvalue weighted by Gasteiger charge is -2.47. The number of rotatable bonds is 8. The minimum absolute atomic E-state index is 0.0422. The third-order valence-electron chi connectivity index (χ3n) is 7.08. The average molecular weight is 495 g/mol. The molecule has 36 heavy (non-hydrogen) atoms. The van der Waals surface area contributed by atoms with Crippen LogP contribution in [0.2, 0.25) is 5.11 Å². The quantitative estimate of drug-likeness (QED) is 0.293. The average Bonchev–Trinajstić information content (AvgIpc) is 3.56. The van der Waals surface area contributed by atoms with Gasteiger partial charge in [0.15, 0.2) is 0 Å². The van der Waals surface area contributed by atoms with Gasteiger partial charge in [0.25, 0.3) is 5.91 Å². The smallest absolute Gasteiger partial charge is 0.275 e. The van der Waals surface area contributed by atoms with Gasteiger partial charge < -0.3 is 10.1 Å². The number of H-pyrrole nitrogens is 1. The van der Waals surface area contributed by atoms with Crippen LogP contribution in [0.5, 0.6) is 0 Å². The van der Waals surface area contributed by atoms with Gasteiger partial charge in [0, 0.05) is 29.5 Å². The van der Waals surface area contributed by atoms with E-state index >= 15 is 0 Å². The highest BCUT2D eigenvalue weighted by Crippen LogP contribution is 2.40. The number of thiazole rings is 1. The summed E-state index contributed by atoms with van der Waals surface area (Å²) in [4.78, 5) is 22.0. The molecule has 5 rings (SSSR count). The summed E-state index contributed by atoms with van der Waals surface area (Å²) < 4.78 is 8.36. The zero-order valence-corrected chi connectivity index (χ0v) is 22.0. The van der Waals surface area contributed by atoms with E-state index in [-0.39, 0.29) is 28.6 Å². The lowest BCUT2D eigenvalue weighted by molar-refractivity contribution is -0.0611. The number of anilines is 1. The first kappa shape index (κ1) is 24.6. The van der Waals surface area contributed by atoms with Gasteiger partial charge in [0.05, 0.1) is 53.3 Å². The number of amides is 1. The highest BCUT2D eigenvalue weighted by atomic mass is 32.1. The molecule has 1 aliphatic carbocycles. The molecule has 15 heteroatoms. The molecule has 0 radical (unpaired) electrons. The van der Waals surface area contributed by atoms with Crippen LogP contribution in [-0.2, 0) is 4.74 Å². The van der Waals surface area contributed by atoms with Crippen LogP contribution in [0.25, 0.3) is 22.0 Å². The molecule has 1 amide bonds. The normalized spacial score (nSPS) is 18.0. The highest BCUT2D eigenvalue weighted by Gasteiger charge is 2.40. The maximum absolute atomic E-state index is 13.1. The van der Waals surface area contributed by atoms with Gasteiger partial charge in [-0.15, -0.1) is 11.3 Å². The molecule has 0 atom stereocenters. The third kappa shape index (κ3) is 4.94. The van der Waals surface area contributed by atoms with Crippen molar-refractivity contribution in [2.75, 3.05) is 5.32 Å². The fraction of sp³-hybridized carbons (Fsp3) is 0.286. The Balaban J connectivity index is 1.34. The van der Waals surface area contributed by atoms with Crippen molar-refractivity contribution in [2.24, 2.45) is 0 Å². The van der Waals surface area contributed by atoms with E-state index < -0.39 is 0 Å². The molecule has 0 aliphatic heterocycles. The molecule has 4 aromatic rings. The Bertz CT molecular complexity index is 1350. The molecule has 1 aliphatic rings. The Labute approximate surface area is 218 Å². The SMILES string of the molecule is BC(B)(B)C(B)(B)OC1CC(n2cc(NC(=O)c3csc(-c4cn[nH]c4)n3)c(-c3ccccn3)n2)C1. The number of pyridine rings is 1. The molecular weight excluding hydrogens is 468 g/mol. The Hall–Kier alpha value is -3.05. The van der Waals surface area contributed by atoms with Crippen molar-refractivity contribution in [3.8, 4) is 22.0 Å². The lowest BCUT2D eigenvalue weighted by atomic mass is 9.28. The Morgan fingerprint density at radius 3 is 2.69 bits per heavy atom. The maximum atomic E-state index is 13.1. The van der Waals surface area contributed by atoms with Gasteiger partial charge in [-0.05, 0) is 30.4 Å². The zero-order valence-electron chi connectivity index (χ0n) is 21.1. The van der Waals surface area contributed by atoms with Crippen molar-refractivity contribution in [1.29, 1.82) is 0 Å². The minimum Gasteiger partial charge on any atom is -0.391 e. The van der Waals surface area contributed by atoms with E-state index in [4.69, 9.17) is 9.84 Å². The topological polar surface area (TPSA) is 111 Å². The van der Waals surface area contributed by atoms with Crippen LogP contribution in [0.15, 0.2) is 48.4 Å². The predicted octanol–water partition coefficient (Wildman–Crippen LogP) is -1.34. The van der Waals surface area contributed by atoms with E-state index in [1.165, 1.54) is 11.3 Å². The van der Waals surface area contributed by atoms with Crippen molar-refractivity contribution < 1.29 is 9.53 Å². The first-order chi connectivity index (χ1) is 17.1. The molecule has 1 fully saturated rings. The minimum atomic E-state index is -0.292. The molecule has 4 aromatic heterocycles. The van der Waals surface area contributed by atoms with E-state index in [0.29, 0.717) is 22.8 Å². The van der Waals surface area contributed by atoms with Crippen LogP contribution in [0.3, 0.4) is 0 Å². The summed E-state index contributed by atoms with van der Waals surface area (Å²) in [5.41, 5.74) is 3.13. The van der Waals surface area contributed by atoms with Crippen molar-refractivity contribution >= 4 is 62.2 Å². The van der Waals surface area contributed by atoms with Crippen molar-refractivity contribution in [3.05, 3.63) is 54.1 Å². The second-order valence-electron chi connectivity index (χ2n) is 10.7. The summed E-state index contributed by atoms with van der Waals surface area (Å²) in [6.07, 6.45) is 8.97. The summed E-state index contributed by atoms with van der Waals surface area (Å²) in [6, 6.07) is 5.86. The summed E-state index contributed by atoms with van der Waals surface area (Å²) in [5.74, 6) is -0.292. The Morgan fingerprint density at radius 1 is 1.22 bits per heavy atom. The molecule has 9 nitrogen and oxygen atoms in total. The number of aromatic amines is 1. The van der Waals surface area contributed by atoms with Crippen LogP contribution in [-0.4, -0.2) is 86.6 Å². The van der Waals surface area contributed by atoms with Crippen molar-refractivity contribution in [2.45, 2.75) is 35.5 Å². The first-order valence-electron chi connectivity index (χ1n) is 12.0. The summed E-state index contributed by atoms with van der Waals surface area (Å²) in [6.45, 7) is 0. The number of hydrogen-bond acceptors (Lipinski definition) is 7. The fourth-order valence-corrected chi connectivity index (χ4v) is 4.65. The molecule has 0 aromatic carbocycles. The molecule has 0 spiro atoms. The number of nitrogens with one attached hydrogen (secondary N) is 2. The van der Waals surface area contributed by atoms with E-state index in [1.807, 2.05) is 29.1 Å². The van der Waals surface area contributed by atoms with E-state index in [0.717, 1.165) is 23.4 Å². The number of ether oxygens (including phenoxy) is 1. The molecule has 2 N–H and O–H groups in total. The Morgan fingerprint density at radius 2 is 2.03 bits per heavy atom. The third-order valence-corrected chi connectivity index (χ3v) is 7.97. The van der Waals surface area contributed by atoms with Crippen LogP contribution in [0.4, 0.5) is 5.69 Å². The molecule has 0 saturated heterocycles. The number of carbonyl (C=O) groups excluding carboxylic acids is 1. The standard InChI is InChI=1S/C21H26B5N7O2S/c22-20(23,24)21(25,26)35-13-5-12(6-13)33-9-15(17(32-33)14-3-1-2-4-27-14)30-18(34)16-10-36-19(31-16)11-7-28-29-8-11/h1-4,7-10,12-13H,5-6,22-26H2,(H,28,29)(H,30,34). The number of aromatic nitrogens is 6. The summed E-state index contributed by atoms with van der Waals surface area (Å²) in [5, 5.41) is 16.8. The second-order valence-corrected chi connectivity index (χ2v) is 11.5. The maximum Gasteiger partial charge on any atom is 0.275 e. The van der Waals surface area contributed by atoms with Gasteiger partial charge in [-0.2, -0.15) is 10.2 Å². The lowest BCUT2D eigenvalue weighted by Crippen LogP contribution is -2.52. The number of nitrogens with zero attached hydrogens (tertiary/aromatic N) is 5. The van der Waals surface area contributed by atoms with Crippen LogP contribution >= 0.6 is 11.3 Å². The highest BCUT2D eigenvalue weighted by molar-refractivity contribution is 7.13. The Kier molecular flexibility index (Phi) is 6.46. The molecule has 178 valence electrons. The molecule has 0 unspecified atom stereocenters. The van der Waals surface area contributed by atoms with Crippen LogP contribution in [0.1, 0.15) is 29.4 Å². The van der Waals surface area contributed by atoms with Crippen molar-refractivity contribution in [3.63, 3.8) is 0 Å². The van der Waals surface area contributed by atoms with Gasteiger partial charge in [0.2, 0.25) is 0 Å². The molecule has 4 heterocycles. The summed E-state index contributed by atoms with van der Waals surface area (Å²) >= 11 is 1.40. The van der Waals surface area contributed by atoms with Gasteiger partial charge in [-0.1, -0.05) is 11.2 Å². The van der Waals surface area contributed by atoms with Crippen LogP contribution < -0.4 is 5.32 Å². The van der Waals surface area contributed by atoms with Gasteiger partial charge in [-0.25, -0.2) is 4.98 Å². The number of carbonyl (C=O) groups is 1. The summed E-state index contributed by atoms with van der Waals surface area (Å²) in [7, 11) is 10.9. The molecular formula is C21H26B5N7O2S. The predicted molar refractivity (Wildman–Crippen MR) is 154 cm³/mol. The van der Waals surface area contributed by atoms with Crippen LogP contribution in [0, 0.1) is 0 Å². The van der Waals surface area contributed by atoms with E-state index in [2.05, 4.69) is 64.7 Å². The van der Waals surface area contributed by atoms with E-state index in [1.54, 1.807) is 24.0 Å². The van der Waals surface area contributed by atoms with E-state index in [9.17, 15) is 4.79 Å². The fourth-order valence-electron chi connectivity index (χ4n) is 3.87. The van der Waals surface area contributed by atoms with Gasteiger partial charge in [-0.3, -0.25) is 19.6 Å².